The lowest BCUT2D eigenvalue weighted by molar-refractivity contribution is -0.130. The zero-order valence-corrected chi connectivity index (χ0v) is 21.3. The second-order valence-corrected chi connectivity index (χ2v) is 8.15. The second-order valence-electron chi connectivity index (χ2n) is 7.31. The molecule has 1 saturated heterocycles. The zero-order chi connectivity index (χ0) is 25.1. The van der Waals surface area contributed by atoms with Crippen LogP contribution in [0.25, 0.3) is 0 Å². The Labute approximate surface area is 210 Å². The minimum absolute atomic E-state index is 0.0605. The van der Waals surface area contributed by atoms with Gasteiger partial charge in [-0.15, -0.1) is 10.2 Å². The predicted molar refractivity (Wildman–Crippen MR) is 135 cm³/mol. The maximum absolute atomic E-state index is 12.3. The summed E-state index contributed by atoms with van der Waals surface area (Å²) in [5.41, 5.74) is 6.15. The lowest BCUT2D eigenvalue weighted by atomic mass is 10.2. The topological polar surface area (TPSA) is 129 Å². The third-order valence-electron chi connectivity index (χ3n) is 4.99. The number of nitrogens with one attached hydrogen (secondary N) is 2. The average molecular weight is 511 g/mol. The molecule has 0 saturated carbocycles. The first-order chi connectivity index (χ1) is 16.4. The molecule has 1 aliphatic heterocycles. The lowest BCUT2D eigenvalue weighted by Crippen LogP contribution is -2.51. The molecule has 2 heterocycles. The molecule has 0 atom stereocenters. The maximum atomic E-state index is 12.3. The van der Waals surface area contributed by atoms with E-state index in [1.54, 1.807) is 18.2 Å². The molecule has 3 rings (SSSR count). The number of nitrogens with two attached hydrogens (primary N) is 1. The van der Waals surface area contributed by atoms with Gasteiger partial charge >= 0.3 is 0 Å². The molecule has 1 aromatic carbocycles. The van der Waals surface area contributed by atoms with Crippen molar-refractivity contribution in [2.24, 2.45) is 5.73 Å². The molecule has 0 spiro atoms. The summed E-state index contributed by atoms with van der Waals surface area (Å²) in [5.74, 6) is -0.0913. The van der Waals surface area contributed by atoms with Gasteiger partial charge in [-0.25, -0.2) is 0 Å². The van der Waals surface area contributed by atoms with E-state index in [0.29, 0.717) is 55.3 Å². The zero-order valence-electron chi connectivity index (χ0n) is 19.8. The monoisotopic (exact) mass is 510 g/mol. The van der Waals surface area contributed by atoms with Gasteiger partial charge in [-0.2, -0.15) is 4.98 Å². The van der Waals surface area contributed by atoms with E-state index in [9.17, 15) is 9.59 Å². The number of primary amides is 1. The fourth-order valence-electron chi connectivity index (χ4n) is 3.22. The van der Waals surface area contributed by atoms with E-state index in [1.807, 2.05) is 23.6 Å². The summed E-state index contributed by atoms with van der Waals surface area (Å²) in [6.07, 6.45) is 0.979. The third kappa shape index (κ3) is 7.68. The van der Waals surface area contributed by atoms with Crippen molar-refractivity contribution >= 4 is 46.8 Å². The van der Waals surface area contributed by atoms with E-state index in [0.717, 1.165) is 18.5 Å². The molecule has 10 nitrogen and oxygen atoms in total. The SMILES string of the molecule is CC.CCCNCC(=O)N1CCN(c2nnc(C(N)=O)c(NCc3ccc(Cl)cc3Cl)n2)CC1. The van der Waals surface area contributed by atoms with Crippen molar-refractivity contribution in [2.45, 2.75) is 33.7 Å². The molecule has 12 heteroatoms. The van der Waals surface area contributed by atoms with Gasteiger partial charge in [0, 0.05) is 42.8 Å². The van der Waals surface area contributed by atoms with Crippen LogP contribution in [0.15, 0.2) is 18.2 Å². The normalized spacial score (nSPS) is 13.2. The van der Waals surface area contributed by atoms with Gasteiger partial charge < -0.3 is 26.2 Å². The Bertz CT molecular complexity index is 968. The summed E-state index contributed by atoms with van der Waals surface area (Å²) in [6.45, 7) is 9.71. The van der Waals surface area contributed by atoms with Crippen molar-refractivity contribution in [3.63, 3.8) is 0 Å². The lowest BCUT2D eigenvalue weighted by Gasteiger charge is -2.34. The van der Waals surface area contributed by atoms with Gasteiger partial charge in [0.1, 0.15) is 0 Å². The molecule has 2 amide bonds. The highest BCUT2D eigenvalue weighted by Crippen LogP contribution is 2.23. The van der Waals surface area contributed by atoms with Gasteiger partial charge in [-0.1, -0.05) is 50.0 Å². The molecular weight excluding hydrogens is 479 g/mol. The Morgan fingerprint density at radius 1 is 1.12 bits per heavy atom. The summed E-state index contributed by atoms with van der Waals surface area (Å²) in [4.78, 5) is 32.3. The van der Waals surface area contributed by atoms with Crippen LogP contribution in [0, 0.1) is 0 Å². The number of carbonyl (C=O) groups excluding carboxylic acids is 2. The van der Waals surface area contributed by atoms with Crippen LogP contribution in [0.1, 0.15) is 43.2 Å². The molecule has 2 aromatic rings. The van der Waals surface area contributed by atoms with Gasteiger partial charge in [0.05, 0.1) is 6.54 Å². The molecule has 0 bridgehead atoms. The van der Waals surface area contributed by atoms with E-state index in [2.05, 4.69) is 32.7 Å². The highest BCUT2D eigenvalue weighted by Gasteiger charge is 2.24. The summed E-state index contributed by atoms with van der Waals surface area (Å²) in [7, 11) is 0. The fourth-order valence-corrected chi connectivity index (χ4v) is 3.70. The maximum Gasteiger partial charge on any atom is 0.273 e. The molecule has 34 heavy (non-hydrogen) atoms. The Morgan fingerprint density at radius 3 is 2.44 bits per heavy atom. The van der Waals surface area contributed by atoms with Crippen LogP contribution >= 0.6 is 23.2 Å². The van der Waals surface area contributed by atoms with Crippen molar-refractivity contribution in [2.75, 3.05) is 49.5 Å². The number of amides is 2. The van der Waals surface area contributed by atoms with Crippen molar-refractivity contribution in [3.05, 3.63) is 39.5 Å². The first kappa shape index (κ1) is 27.6. The number of piperazine rings is 1. The molecule has 0 aliphatic carbocycles. The Kier molecular flexibility index (Phi) is 11.2. The highest BCUT2D eigenvalue weighted by atomic mass is 35.5. The van der Waals surface area contributed by atoms with Crippen LogP contribution in [-0.2, 0) is 11.3 Å². The van der Waals surface area contributed by atoms with Crippen molar-refractivity contribution in [3.8, 4) is 0 Å². The van der Waals surface area contributed by atoms with Crippen LogP contribution in [0.3, 0.4) is 0 Å². The molecule has 0 radical (unpaired) electrons. The summed E-state index contributed by atoms with van der Waals surface area (Å²) in [5, 5.41) is 15.2. The smallest absolute Gasteiger partial charge is 0.273 e. The Balaban J connectivity index is 0.00000199. The van der Waals surface area contributed by atoms with Crippen LogP contribution in [0.5, 0.6) is 0 Å². The van der Waals surface area contributed by atoms with E-state index in [-0.39, 0.29) is 17.4 Å². The Morgan fingerprint density at radius 2 is 1.82 bits per heavy atom. The molecule has 4 N–H and O–H groups in total. The van der Waals surface area contributed by atoms with E-state index in [1.165, 1.54) is 0 Å². The number of nitrogens with zero attached hydrogens (tertiary/aromatic N) is 5. The van der Waals surface area contributed by atoms with Gasteiger partial charge in [0.2, 0.25) is 11.9 Å². The van der Waals surface area contributed by atoms with E-state index < -0.39 is 5.91 Å². The largest absolute Gasteiger partial charge is 0.364 e. The van der Waals surface area contributed by atoms with Gasteiger partial charge in [-0.3, -0.25) is 9.59 Å². The number of halogens is 2. The third-order valence-corrected chi connectivity index (χ3v) is 5.58. The number of benzene rings is 1. The van der Waals surface area contributed by atoms with Crippen molar-refractivity contribution in [1.82, 2.24) is 25.4 Å². The van der Waals surface area contributed by atoms with Crippen LogP contribution in [-0.4, -0.2) is 71.2 Å². The predicted octanol–water partition coefficient (Wildman–Crippen LogP) is 2.56. The molecular formula is C22H32Cl2N8O2. The van der Waals surface area contributed by atoms with Gasteiger partial charge in [-0.05, 0) is 30.7 Å². The number of rotatable bonds is 9. The minimum atomic E-state index is -0.740. The van der Waals surface area contributed by atoms with Gasteiger partial charge in [0.25, 0.3) is 5.91 Å². The number of hydrogen-bond donors (Lipinski definition) is 3. The quantitative estimate of drug-likeness (QED) is 0.438. The second kappa shape index (κ2) is 13.9. The Hall–Kier alpha value is -2.69. The van der Waals surface area contributed by atoms with Crippen molar-refractivity contribution in [1.29, 1.82) is 0 Å². The molecule has 1 fully saturated rings. The van der Waals surface area contributed by atoms with Crippen LogP contribution < -0.4 is 21.3 Å². The van der Waals surface area contributed by atoms with Gasteiger partial charge in [0.15, 0.2) is 11.5 Å². The summed E-state index contributed by atoms with van der Waals surface area (Å²) in [6, 6.07) is 5.14. The van der Waals surface area contributed by atoms with Crippen LogP contribution in [0.2, 0.25) is 10.0 Å². The number of anilines is 2. The van der Waals surface area contributed by atoms with Crippen molar-refractivity contribution < 1.29 is 9.59 Å². The molecule has 1 aromatic heterocycles. The number of hydrogen-bond acceptors (Lipinski definition) is 8. The van der Waals surface area contributed by atoms with Crippen LogP contribution in [0.4, 0.5) is 11.8 Å². The highest BCUT2D eigenvalue weighted by molar-refractivity contribution is 6.35. The first-order valence-electron chi connectivity index (χ1n) is 11.3. The molecule has 186 valence electrons. The standard InChI is InChI=1S/C20H26Cl2N8O2.C2H6/c1-2-5-24-12-16(31)29-6-8-30(9-7-29)20-26-19(17(18(23)32)27-28-20)25-11-13-3-4-14(21)10-15(13)22;1-2/h3-4,10,24H,2,5-9,11-12H2,1H3,(H2,23,32)(H,25,26,28);1-2H3. The van der Waals surface area contributed by atoms with E-state index >= 15 is 0 Å². The fraction of sp³-hybridized carbons (Fsp3) is 0.500. The number of aromatic nitrogens is 3. The van der Waals surface area contributed by atoms with E-state index in [4.69, 9.17) is 28.9 Å². The summed E-state index contributed by atoms with van der Waals surface area (Å²) < 4.78 is 0. The first-order valence-corrected chi connectivity index (χ1v) is 12.1. The average Bonchev–Trinajstić information content (AvgIpc) is 2.84. The molecule has 0 unspecified atom stereocenters. The minimum Gasteiger partial charge on any atom is -0.364 e. The number of carbonyl (C=O) groups is 2. The summed E-state index contributed by atoms with van der Waals surface area (Å²) >= 11 is 12.2. The molecule has 1 aliphatic rings.